The third kappa shape index (κ3) is 7.89. The average Bonchev–Trinajstić information content (AvgIpc) is 3.08. The van der Waals surface area contributed by atoms with Crippen molar-refractivity contribution in [3.8, 4) is 11.5 Å². The van der Waals surface area contributed by atoms with E-state index in [0.29, 0.717) is 21.9 Å². The van der Waals surface area contributed by atoms with Crippen LogP contribution in [-0.2, 0) is 40.3 Å². The summed E-state index contributed by atoms with van der Waals surface area (Å²) in [7, 11) is -19.1. The third-order valence-electron chi connectivity index (χ3n) is 8.55. The minimum absolute atomic E-state index is 0.00554. The number of aryl methyl sites for hydroxylation is 2. The molecule has 6 aromatic carbocycles. The van der Waals surface area contributed by atoms with Gasteiger partial charge in [-0.3, -0.25) is 9.11 Å². The van der Waals surface area contributed by atoms with Gasteiger partial charge in [0.25, 0.3) is 40.3 Å². The first-order valence-electron chi connectivity index (χ1n) is 15.9. The topological polar surface area (TPSA) is 283 Å². The zero-order chi connectivity index (χ0) is 41.0. The predicted molar refractivity (Wildman–Crippen MR) is 206 cm³/mol. The standard InChI is InChI=1S/C35H30N4O13S4/c1-19-9-13-23(17-27(19)36-25-7-3-5-21-11-15-29(55(47,48)49)33(40)31(21)25)53(43,44)38-35(42)39-54(45,46)24-14-10-20(2)28(18-24)37-26-8-4-6-22-12-16-30(56(50,51)52)34(41)32(22)26/h3-18,36-37,40-41H,1-2H3,(H2,38,39,42)(H,47,48,49)(H,50,51,52). The molecule has 21 heteroatoms. The Morgan fingerprint density at radius 3 is 1.23 bits per heavy atom. The van der Waals surface area contributed by atoms with Crippen LogP contribution >= 0.6 is 0 Å². The molecule has 6 rings (SSSR count). The Labute approximate surface area is 320 Å². The van der Waals surface area contributed by atoms with Crippen molar-refractivity contribution in [1.29, 1.82) is 0 Å². The highest BCUT2D eigenvalue weighted by Gasteiger charge is 2.26. The number of phenols is 2. The molecule has 0 unspecified atom stereocenters. The summed E-state index contributed by atoms with van der Waals surface area (Å²) in [6.07, 6.45) is 0. The van der Waals surface area contributed by atoms with Gasteiger partial charge >= 0.3 is 6.03 Å². The van der Waals surface area contributed by atoms with E-state index in [1.54, 1.807) is 47.6 Å². The number of anilines is 4. The van der Waals surface area contributed by atoms with Gasteiger partial charge < -0.3 is 20.8 Å². The predicted octanol–water partition coefficient (Wildman–Crippen LogP) is 5.38. The van der Waals surface area contributed by atoms with E-state index >= 15 is 0 Å². The van der Waals surface area contributed by atoms with E-state index in [-0.39, 0.29) is 33.5 Å². The summed E-state index contributed by atoms with van der Waals surface area (Å²) in [6.45, 7) is 3.20. The molecule has 0 fully saturated rings. The van der Waals surface area contributed by atoms with Crippen molar-refractivity contribution in [3.05, 3.63) is 108 Å². The molecule has 0 saturated carbocycles. The lowest BCUT2D eigenvalue weighted by Gasteiger charge is -2.16. The smallest absolute Gasteiger partial charge is 0.342 e. The molecule has 0 aliphatic rings. The number of phenolic OH excluding ortho intramolecular Hbond substituents is 2. The number of hydrogen-bond donors (Lipinski definition) is 8. The van der Waals surface area contributed by atoms with Crippen LogP contribution in [0.15, 0.2) is 117 Å². The highest BCUT2D eigenvalue weighted by molar-refractivity contribution is 7.91. The number of fused-ring (bicyclic) bond motifs is 2. The number of urea groups is 1. The number of rotatable bonds is 10. The van der Waals surface area contributed by atoms with Gasteiger partial charge in [0.15, 0.2) is 0 Å². The summed E-state index contributed by atoms with van der Waals surface area (Å²) in [5.74, 6) is -1.51. The molecule has 0 atom stereocenters. The van der Waals surface area contributed by atoms with Crippen LogP contribution in [-0.4, -0.2) is 59.0 Å². The Kier molecular flexibility index (Phi) is 10.1. The largest absolute Gasteiger partial charge is 0.506 e. The Morgan fingerprint density at radius 1 is 0.500 bits per heavy atom. The van der Waals surface area contributed by atoms with Gasteiger partial charge in [-0.05, 0) is 84.3 Å². The van der Waals surface area contributed by atoms with Crippen LogP contribution in [0.2, 0.25) is 0 Å². The molecule has 0 radical (unpaired) electrons. The van der Waals surface area contributed by atoms with Crippen molar-refractivity contribution in [2.45, 2.75) is 33.4 Å². The van der Waals surface area contributed by atoms with E-state index in [1.807, 2.05) is 0 Å². The molecule has 6 aromatic rings. The Hall–Kier alpha value is -5.97. The van der Waals surface area contributed by atoms with E-state index < -0.39 is 77.4 Å². The van der Waals surface area contributed by atoms with E-state index in [9.17, 15) is 57.8 Å². The second-order valence-electron chi connectivity index (χ2n) is 12.3. The van der Waals surface area contributed by atoms with Crippen LogP contribution < -0.4 is 20.1 Å². The second-order valence-corrected chi connectivity index (χ2v) is 18.5. The zero-order valence-corrected chi connectivity index (χ0v) is 32.1. The summed E-state index contributed by atoms with van der Waals surface area (Å²) in [4.78, 5) is 10.4. The molecular formula is C35H30N4O13S4. The molecule has 292 valence electrons. The highest BCUT2D eigenvalue weighted by Crippen LogP contribution is 2.40. The molecule has 0 aromatic heterocycles. The van der Waals surface area contributed by atoms with E-state index in [2.05, 4.69) is 10.6 Å². The fourth-order valence-corrected chi connectivity index (χ4v) is 8.89. The fourth-order valence-electron chi connectivity index (χ4n) is 5.79. The molecule has 0 heterocycles. The monoisotopic (exact) mass is 842 g/mol. The van der Waals surface area contributed by atoms with Gasteiger partial charge in [-0.2, -0.15) is 16.8 Å². The fraction of sp³-hybridized carbons (Fsp3) is 0.0571. The summed E-state index contributed by atoms with van der Waals surface area (Å²) in [5, 5.41) is 28.1. The third-order valence-corrected chi connectivity index (χ3v) is 13.0. The van der Waals surface area contributed by atoms with Gasteiger partial charge in [-0.15, -0.1) is 0 Å². The van der Waals surface area contributed by atoms with Crippen molar-refractivity contribution in [1.82, 2.24) is 9.44 Å². The van der Waals surface area contributed by atoms with Crippen molar-refractivity contribution < 1.29 is 57.8 Å². The number of aromatic hydroxyl groups is 2. The second kappa shape index (κ2) is 14.3. The minimum atomic E-state index is -4.80. The Balaban J connectivity index is 1.24. The van der Waals surface area contributed by atoms with Crippen LogP contribution in [0.4, 0.5) is 27.5 Å². The molecule has 17 nitrogen and oxygen atoms in total. The number of carbonyl (C=O) groups excluding carboxylic acids is 1. The zero-order valence-electron chi connectivity index (χ0n) is 28.8. The lowest BCUT2D eigenvalue weighted by Crippen LogP contribution is -2.42. The van der Waals surface area contributed by atoms with E-state index in [4.69, 9.17) is 0 Å². The lowest BCUT2D eigenvalue weighted by atomic mass is 10.1. The molecule has 0 aliphatic carbocycles. The van der Waals surface area contributed by atoms with Gasteiger partial charge in [-0.1, -0.05) is 48.5 Å². The normalized spacial score (nSPS) is 12.4. The minimum Gasteiger partial charge on any atom is -0.506 e. The maximum atomic E-state index is 13.3. The van der Waals surface area contributed by atoms with E-state index in [0.717, 1.165) is 36.4 Å². The van der Waals surface area contributed by atoms with Crippen LogP contribution in [0.25, 0.3) is 21.5 Å². The van der Waals surface area contributed by atoms with Gasteiger partial charge in [0.1, 0.15) is 21.3 Å². The van der Waals surface area contributed by atoms with Crippen LogP contribution in [0.3, 0.4) is 0 Å². The molecule has 56 heavy (non-hydrogen) atoms. The molecule has 0 saturated heterocycles. The Bertz CT molecular complexity index is 2880. The van der Waals surface area contributed by atoms with Gasteiger partial charge in [-0.25, -0.2) is 31.1 Å². The number of hydrogen-bond acceptors (Lipinski definition) is 13. The number of nitrogens with one attached hydrogen (secondary N) is 4. The van der Waals surface area contributed by atoms with Gasteiger partial charge in [0.2, 0.25) is 0 Å². The number of benzene rings is 6. The number of amides is 2. The summed E-state index contributed by atoms with van der Waals surface area (Å²) >= 11 is 0. The molecule has 0 bridgehead atoms. The number of sulfonamides is 2. The maximum Gasteiger partial charge on any atom is 0.342 e. The van der Waals surface area contributed by atoms with Crippen molar-refractivity contribution in [2.75, 3.05) is 10.6 Å². The quantitative estimate of drug-likeness (QED) is 0.0804. The molecular weight excluding hydrogens is 813 g/mol. The highest BCUT2D eigenvalue weighted by atomic mass is 32.2. The van der Waals surface area contributed by atoms with Gasteiger partial charge in [0.05, 0.1) is 21.2 Å². The average molecular weight is 843 g/mol. The molecule has 2 amide bonds. The maximum absolute atomic E-state index is 13.3. The Morgan fingerprint density at radius 2 is 0.875 bits per heavy atom. The summed E-state index contributed by atoms with van der Waals surface area (Å²) in [5.41, 5.74) is 1.48. The molecule has 8 N–H and O–H groups in total. The first-order chi connectivity index (χ1) is 26.1. The van der Waals surface area contributed by atoms with Gasteiger partial charge in [0, 0.05) is 22.1 Å². The number of carbonyl (C=O) groups is 1. The first-order valence-corrected chi connectivity index (χ1v) is 21.7. The first kappa shape index (κ1) is 39.7. The molecule has 0 aliphatic heterocycles. The SMILES string of the molecule is Cc1ccc(S(=O)(=O)NC(=O)NS(=O)(=O)c2ccc(C)c(Nc3cccc4ccc(S(=O)(=O)O)c(O)c34)c2)cc1Nc1cccc2ccc(S(=O)(=O)O)c(O)c12. The van der Waals surface area contributed by atoms with Crippen molar-refractivity contribution in [2.24, 2.45) is 0 Å². The van der Waals surface area contributed by atoms with Crippen molar-refractivity contribution in [3.63, 3.8) is 0 Å². The van der Waals surface area contributed by atoms with Crippen LogP contribution in [0.1, 0.15) is 11.1 Å². The summed E-state index contributed by atoms with van der Waals surface area (Å²) < 4.78 is 123. The van der Waals surface area contributed by atoms with E-state index in [1.165, 1.54) is 36.4 Å². The molecule has 0 spiro atoms. The summed E-state index contributed by atoms with van der Waals surface area (Å²) in [6, 6.07) is 19.6. The lowest BCUT2D eigenvalue weighted by molar-refractivity contribution is 0.250. The van der Waals surface area contributed by atoms with Crippen LogP contribution in [0, 0.1) is 13.8 Å². The van der Waals surface area contributed by atoms with Crippen molar-refractivity contribution >= 4 is 90.6 Å². The van der Waals surface area contributed by atoms with Crippen LogP contribution in [0.5, 0.6) is 11.5 Å².